The molecule has 7 heteroatoms. The van der Waals surface area contributed by atoms with Crippen LogP contribution in [0.4, 0.5) is 5.69 Å². The summed E-state index contributed by atoms with van der Waals surface area (Å²) < 4.78 is 5.64. The second-order valence-corrected chi connectivity index (χ2v) is 7.06. The van der Waals surface area contributed by atoms with Gasteiger partial charge in [0.05, 0.1) is 11.2 Å². The predicted molar refractivity (Wildman–Crippen MR) is 125 cm³/mol. The quantitative estimate of drug-likeness (QED) is 0.316. The van der Waals surface area contributed by atoms with Gasteiger partial charge in [-0.3, -0.25) is 9.59 Å². The van der Waals surface area contributed by atoms with Crippen LogP contribution < -0.4 is 15.5 Å². The van der Waals surface area contributed by atoms with Gasteiger partial charge in [-0.1, -0.05) is 24.3 Å². The number of pyridine rings is 1. The summed E-state index contributed by atoms with van der Waals surface area (Å²) >= 11 is 0. The summed E-state index contributed by atoms with van der Waals surface area (Å²) in [7, 11) is 0. The highest BCUT2D eigenvalue weighted by Crippen LogP contribution is 2.21. The van der Waals surface area contributed by atoms with Crippen LogP contribution in [0, 0.1) is 0 Å². The van der Waals surface area contributed by atoms with Gasteiger partial charge in [0.2, 0.25) is 0 Å². The second kappa shape index (κ2) is 10.8. The summed E-state index contributed by atoms with van der Waals surface area (Å²) in [4.78, 5) is 38.8. The lowest BCUT2D eigenvalue weighted by atomic mass is 10.1. The number of H-pyrrole nitrogens is 1. The molecule has 7 nitrogen and oxygen atoms in total. The predicted octanol–water partition coefficient (Wildman–Crippen LogP) is 4.77. The van der Waals surface area contributed by atoms with Gasteiger partial charge < -0.3 is 20.1 Å². The van der Waals surface area contributed by atoms with Crippen molar-refractivity contribution in [3.63, 3.8) is 0 Å². The molecular weight excluding hydrogens is 408 g/mol. The fraction of sp³-hybridized carbons (Fsp3) is 0.160. The minimum atomic E-state index is -1.26. The van der Waals surface area contributed by atoms with Crippen LogP contribution in [0.5, 0.6) is 5.75 Å². The van der Waals surface area contributed by atoms with E-state index in [-0.39, 0.29) is 16.6 Å². The molecule has 1 aromatic heterocycles. The van der Waals surface area contributed by atoms with Crippen molar-refractivity contribution in [2.45, 2.75) is 19.3 Å². The number of allylic oxidation sites excluding steroid dienone is 2. The first-order valence-electron chi connectivity index (χ1n) is 10.2. The molecule has 0 atom stereocenters. The monoisotopic (exact) mass is 432 g/mol. The number of hydrogen-bond acceptors (Lipinski definition) is 4. The third kappa shape index (κ3) is 5.72. The fourth-order valence-electron chi connectivity index (χ4n) is 3.10. The maximum atomic E-state index is 12.7. The van der Waals surface area contributed by atoms with Crippen molar-refractivity contribution >= 4 is 28.5 Å². The molecule has 0 aliphatic rings. The molecule has 0 saturated carbocycles. The van der Waals surface area contributed by atoms with Gasteiger partial charge in [0, 0.05) is 17.0 Å². The standard InChI is InChI=1S/C25H24N2O5/c1-2-3-4-5-6-7-15-32-18-13-11-17(12-14-18)24(29)27-20-10-8-9-19-22(28)16-21(25(30)31)26-23(19)20/h2,6-14,16H,1,3-5,15H2,(H,26,28)(H,27,29)(H,30,31). The van der Waals surface area contributed by atoms with E-state index in [9.17, 15) is 19.5 Å². The average molecular weight is 432 g/mol. The van der Waals surface area contributed by atoms with E-state index in [1.807, 2.05) is 12.2 Å². The molecule has 0 bridgehead atoms. The molecule has 32 heavy (non-hydrogen) atoms. The molecule has 0 spiro atoms. The Kier molecular flexibility index (Phi) is 7.59. The van der Waals surface area contributed by atoms with Crippen LogP contribution >= 0.6 is 0 Å². The summed E-state index contributed by atoms with van der Waals surface area (Å²) in [6, 6.07) is 12.5. The third-order valence-electron chi connectivity index (χ3n) is 4.75. The lowest BCUT2D eigenvalue weighted by Gasteiger charge is -2.10. The zero-order chi connectivity index (χ0) is 22.9. The number of carbonyl (C=O) groups is 2. The van der Waals surface area contributed by atoms with Crippen LogP contribution in [-0.4, -0.2) is 28.6 Å². The molecule has 1 heterocycles. The van der Waals surface area contributed by atoms with Crippen molar-refractivity contribution in [2.75, 3.05) is 11.9 Å². The highest BCUT2D eigenvalue weighted by atomic mass is 16.5. The zero-order valence-corrected chi connectivity index (χ0v) is 17.5. The molecule has 0 radical (unpaired) electrons. The number of amides is 1. The first-order valence-corrected chi connectivity index (χ1v) is 10.2. The van der Waals surface area contributed by atoms with Gasteiger partial charge in [-0.05, 0) is 55.7 Å². The number of nitrogens with one attached hydrogen (secondary N) is 2. The number of ether oxygens (including phenoxy) is 1. The van der Waals surface area contributed by atoms with Crippen molar-refractivity contribution in [3.8, 4) is 5.75 Å². The Bertz CT molecular complexity index is 1210. The second-order valence-electron chi connectivity index (χ2n) is 7.06. The van der Waals surface area contributed by atoms with Crippen LogP contribution in [0.25, 0.3) is 10.9 Å². The lowest BCUT2D eigenvalue weighted by Crippen LogP contribution is -2.15. The minimum Gasteiger partial charge on any atom is -0.490 e. The number of aromatic amines is 1. The van der Waals surface area contributed by atoms with Gasteiger partial charge in [0.15, 0.2) is 5.43 Å². The molecule has 3 N–H and O–H groups in total. The third-order valence-corrected chi connectivity index (χ3v) is 4.75. The SMILES string of the molecule is C=CCCCC=CCOc1ccc(C(=O)Nc2cccc3c(=O)cc(C(=O)O)[nH]c23)cc1. The minimum absolute atomic E-state index is 0.250. The van der Waals surface area contributed by atoms with E-state index in [0.717, 1.165) is 25.3 Å². The number of carbonyl (C=O) groups excluding carboxylic acids is 1. The van der Waals surface area contributed by atoms with Crippen molar-refractivity contribution < 1.29 is 19.4 Å². The number of unbranched alkanes of at least 4 members (excludes halogenated alkanes) is 2. The van der Waals surface area contributed by atoms with Gasteiger partial charge in [0.1, 0.15) is 18.1 Å². The van der Waals surface area contributed by atoms with Crippen molar-refractivity contribution in [3.05, 3.63) is 94.8 Å². The Morgan fingerprint density at radius 1 is 1.09 bits per heavy atom. The summed E-state index contributed by atoms with van der Waals surface area (Å²) in [6.45, 7) is 4.13. The van der Waals surface area contributed by atoms with Crippen LogP contribution in [0.2, 0.25) is 0 Å². The Morgan fingerprint density at radius 3 is 2.59 bits per heavy atom. The summed E-state index contributed by atoms with van der Waals surface area (Å²) in [5.41, 5.74) is 0.273. The van der Waals surface area contributed by atoms with E-state index in [4.69, 9.17) is 4.74 Å². The van der Waals surface area contributed by atoms with Crippen molar-refractivity contribution in [1.82, 2.24) is 4.98 Å². The number of aromatic carboxylic acids is 1. The maximum Gasteiger partial charge on any atom is 0.352 e. The van der Waals surface area contributed by atoms with E-state index in [1.165, 1.54) is 0 Å². The summed E-state index contributed by atoms with van der Waals surface area (Å²) in [5, 5.41) is 12.2. The first kappa shape index (κ1) is 22.6. The van der Waals surface area contributed by atoms with Crippen LogP contribution in [-0.2, 0) is 0 Å². The van der Waals surface area contributed by atoms with Crippen LogP contribution in [0.1, 0.15) is 40.1 Å². The number of aromatic nitrogens is 1. The van der Waals surface area contributed by atoms with E-state index < -0.39 is 17.3 Å². The first-order chi connectivity index (χ1) is 15.5. The van der Waals surface area contributed by atoms with E-state index in [2.05, 4.69) is 23.0 Å². The lowest BCUT2D eigenvalue weighted by molar-refractivity contribution is 0.0690. The smallest absolute Gasteiger partial charge is 0.352 e. The topological polar surface area (TPSA) is 108 Å². The molecule has 3 aromatic rings. The normalized spacial score (nSPS) is 10.9. The zero-order valence-electron chi connectivity index (χ0n) is 17.5. The van der Waals surface area contributed by atoms with Gasteiger partial charge in [-0.25, -0.2) is 4.79 Å². The number of benzene rings is 2. The molecule has 2 aromatic carbocycles. The molecule has 164 valence electrons. The molecule has 0 aliphatic carbocycles. The molecule has 3 rings (SSSR count). The highest BCUT2D eigenvalue weighted by molar-refractivity contribution is 6.08. The number of anilines is 1. The molecule has 0 saturated heterocycles. The molecule has 1 amide bonds. The van der Waals surface area contributed by atoms with E-state index in [1.54, 1.807) is 42.5 Å². The molecular formula is C25H24N2O5. The number of para-hydroxylation sites is 1. The molecule has 0 aliphatic heterocycles. The largest absolute Gasteiger partial charge is 0.490 e. The summed E-state index contributed by atoms with van der Waals surface area (Å²) in [6.07, 6.45) is 8.94. The van der Waals surface area contributed by atoms with Gasteiger partial charge in [-0.2, -0.15) is 0 Å². The Hall–Kier alpha value is -4.13. The van der Waals surface area contributed by atoms with E-state index >= 15 is 0 Å². The Balaban J connectivity index is 1.67. The van der Waals surface area contributed by atoms with Gasteiger partial charge >= 0.3 is 5.97 Å². The van der Waals surface area contributed by atoms with Gasteiger partial charge in [0.25, 0.3) is 5.91 Å². The number of carboxylic acids is 1. The summed E-state index contributed by atoms with van der Waals surface area (Å²) in [5.74, 6) is -1.02. The van der Waals surface area contributed by atoms with Crippen LogP contribution in [0.15, 0.2) is 78.1 Å². The highest BCUT2D eigenvalue weighted by Gasteiger charge is 2.13. The Labute approximate surface area is 185 Å². The number of fused-ring (bicyclic) bond motifs is 1. The van der Waals surface area contributed by atoms with Gasteiger partial charge in [-0.15, -0.1) is 6.58 Å². The average Bonchev–Trinajstić information content (AvgIpc) is 2.79. The molecule has 0 unspecified atom stereocenters. The molecule has 0 fully saturated rings. The maximum absolute atomic E-state index is 12.7. The Morgan fingerprint density at radius 2 is 1.88 bits per heavy atom. The van der Waals surface area contributed by atoms with Crippen molar-refractivity contribution in [2.24, 2.45) is 0 Å². The van der Waals surface area contributed by atoms with Crippen LogP contribution in [0.3, 0.4) is 0 Å². The van der Waals surface area contributed by atoms with E-state index in [0.29, 0.717) is 23.6 Å². The van der Waals surface area contributed by atoms with Crippen molar-refractivity contribution in [1.29, 1.82) is 0 Å². The number of hydrogen-bond donors (Lipinski definition) is 3. The number of rotatable bonds is 10. The fourth-order valence-corrected chi connectivity index (χ4v) is 3.10. The number of carboxylic acid groups (broad SMARTS) is 1.